The molecule has 0 radical (unpaired) electrons. The molecule has 17 heavy (non-hydrogen) atoms. The van der Waals surface area contributed by atoms with Crippen LogP contribution in [-0.4, -0.2) is 0 Å². The van der Waals surface area contributed by atoms with Crippen molar-refractivity contribution in [3.63, 3.8) is 0 Å². The molecule has 0 aliphatic rings. The van der Waals surface area contributed by atoms with Crippen molar-refractivity contribution in [1.29, 1.82) is 0 Å². The number of halogens is 1. The first-order valence-electron chi connectivity index (χ1n) is 5.64. The molecule has 0 saturated heterocycles. The Morgan fingerprint density at radius 1 is 1.06 bits per heavy atom. The molecule has 1 aromatic heterocycles. The van der Waals surface area contributed by atoms with E-state index >= 15 is 0 Å². The highest BCUT2D eigenvalue weighted by Gasteiger charge is 2.02. The van der Waals surface area contributed by atoms with Gasteiger partial charge in [0.05, 0.1) is 0 Å². The first-order chi connectivity index (χ1) is 8.16. The summed E-state index contributed by atoms with van der Waals surface area (Å²) < 4.78 is 13.1. The van der Waals surface area contributed by atoms with Gasteiger partial charge in [-0.05, 0) is 59.0 Å². The summed E-state index contributed by atoms with van der Waals surface area (Å²) >= 11 is 1.72. The van der Waals surface area contributed by atoms with Crippen molar-refractivity contribution in [3.05, 3.63) is 57.0 Å². The van der Waals surface area contributed by atoms with Gasteiger partial charge in [-0.1, -0.05) is 6.07 Å². The third-order valence-corrected chi connectivity index (χ3v) is 3.81. The fraction of sp³-hybridized carbons (Fsp3) is 0.286. The first kappa shape index (κ1) is 12.3. The maximum atomic E-state index is 13.1. The Labute approximate surface area is 105 Å². The molecule has 90 valence electrons. The van der Waals surface area contributed by atoms with E-state index in [2.05, 4.69) is 23.0 Å². The third kappa shape index (κ3) is 3.14. The Hall–Kier alpha value is -1.19. The monoisotopic (exact) mass is 249 g/mol. The van der Waals surface area contributed by atoms with Crippen LogP contribution in [0.5, 0.6) is 0 Å². The van der Waals surface area contributed by atoms with Crippen molar-refractivity contribution in [2.75, 3.05) is 0 Å². The van der Waals surface area contributed by atoms with Crippen molar-refractivity contribution in [1.82, 2.24) is 5.32 Å². The highest BCUT2D eigenvalue weighted by Crippen LogP contribution is 2.14. The number of benzene rings is 1. The Morgan fingerprint density at radius 3 is 2.53 bits per heavy atom. The van der Waals surface area contributed by atoms with Gasteiger partial charge in [0.25, 0.3) is 0 Å². The molecule has 0 unspecified atom stereocenters. The zero-order chi connectivity index (χ0) is 12.3. The van der Waals surface area contributed by atoms with Crippen LogP contribution in [0.4, 0.5) is 4.39 Å². The summed E-state index contributed by atoms with van der Waals surface area (Å²) in [4.78, 5) is 0. The van der Waals surface area contributed by atoms with Gasteiger partial charge in [0.2, 0.25) is 0 Å². The summed E-state index contributed by atoms with van der Waals surface area (Å²) in [5.41, 5.74) is 4.79. The van der Waals surface area contributed by atoms with E-state index in [0.29, 0.717) is 6.54 Å². The molecule has 0 bridgehead atoms. The SMILES string of the molecule is Cc1cscc1CNCc1cc(F)ccc1C. The normalized spacial score (nSPS) is 10.8. The Balaban J connectivity index is 1.94. The van der Waals surface area contributed by atoms with Crippen molar-refractivity contribution in [2.24, 2.45) is 0 Å². The molecule has 3 heteroatoms. The van der Waals surface area contributed by atoms with Gasteiger partial charge < -0.3 is 5.32 Å². The lowest BCUT2D eigenvalue weighted by atomic mass is 10.1. The van der Waals surface area contributed by atoms with Crippen LogP contribution in [0.15, 0.2) is 29.0 Å². The van der Waals surface area contributed by atoms with Gasteiger partial charge in [-0.25, -0.2) is 4.39 Å². The molecule has 1 nitrogen and oxygen atoms in total. The Morgan fingerprint density at radius 2 is 1.82 bits per heavy atom. The molecule has 0 aliphatic heterocycles. The zero-order valence-corrected chi connectivity index (χ0v) is 10.9. The summed E-state index contributed by atoms with van der Waals surface area (Å²) in [6.07, 6.45) is 0. The smallest absolute Gasteiger partial charge is 0.123 e. The number of aryl methyl sites for hydroxylation is 2. The van der Waals surface area contributed by atoms with Gasteiger partial charge in [-0.3, -0.25) is 0 Å². The number of nitrogens with one attached hydrogen (secondary N) is 1. The molecule has 0 saturated carbocycles. The Bertz CT molecular complexity index is 505. The number of thiophene rings is 1. The zero-order valence-electron chi connectivity index (χ0n) is 10.1. The van der Waals surface area contributed by atoms with E-state index < -0.39 is 0 Å². The molecular formula is C14H16FNS. The molecule has 0 atom stereocenters. The fourth-order valence-electron chi connectivity index (χ4n) is 1.73. The second-order valence-electron chi connectivity index (χ2n) is 4.25. The van der Waals surface area contributed by atoms with Gasteiger partial charge in [0, 0.05) is 13.1 Å². The molecular weight excluding hydrogens is 233 g/mol. The maximum absolute atomic E-state index is 13.1. The largest absolute Gasteiger partial charge is 0.309 e. The van der Waals surface area contributed by atoms with Gasteiger partial charge in [0.15, 0.2) is 0 Å². The first-order valence-corrected chi connectivity index (χ1v) is 6.58. The van der Waals surface area contributed by atoms with E-state index in [-0.39, 0.29) is 5.82 Å². The summed E-state index contributed by atoms with van der Waals surface area (Å²) in [5, 5.41) is 7.65. The van der Waals surface area contributed by atoms with Crippen LogP contribution in [-0.2, 0) is 13.1 Å². The van der Waals surface area contributed by atoms with Gasteiger partial charge in [-0.2, -0.15) is 11.3 Å². The molecule has 1 aromatic carbocycles. The maximum Gasteiger partial charge on any atom is 0.123 e. The molecule has 0 spiro atoms. The lowest BCUT2D eigenvalue weighted by molar-refractivity contribution is 0.619. The van der Waals surface area contributed by atoms with Crippen LogP contribution >= 0.6 is 11.3 Å². The minimum Gasteiger partial charge on any atom is -0.309 e. The predicted molar refractivity (Wildman–Crippen MR) is 70.7 cm³/mol. The predicted octanol–water partition coefficient (Wildman–Crippen LogP) is 3.79. The molecule has 0 aliphatic carbocycles. The van der Waals surface area contributed by atoms with Gasteiger partial charge in [0.1, 0.15) is 5.82 Å². The van der Waals surface area contributed by atoms with E-state index in [0.717, 1.165) is 17.7 Å². The van der Waals surface area contributed by atoms with Crippen molar-refractivity contribution < 1.29 is 4.39 Å². The van der Waals surface area contributed by atoms with E-state index in [9.17, 15) is 4.39 Å². The van der Waals surface area contributed by atoms with Crippen LogP contribution in [0.2, 0.25) is 0 Å². The van der Waals surface area contributed by atoms with Crippen LogP contribution in [0.1, 0.15) is 22.3 Å². The summed E-state index contributed by atoms with van der Waals surface area (Å²) in [7, 11) is 0. The van der Waals surface area contributed by atoms with Crippen molar-refractivity contribution >= 4 is 11.3 Å². The molecule has 2 rings (SSSR count). The van der Waals surface area contributed by atoms with Crippen LogP contribution < -0.4 is 5.32 Å². The van der Waals surface area contributed by atoms with Gasteiger partial charge in [-0.15, -0.1) is 0 Å². The van der Waals surface area contributed by atoms with E-state index in [1.165, 1.54) is 17.2 Å². The average Bonchev–Trinajstić information content (AvgIpc) is 2.70. The fourth-order valence-corrected chi connectivity index (χ4v) is 2.59. The number of rotatable bonds is 4. The quantitative estimate of drug-likeness (QED) is 0.869. The lowest BCUT2D eigenvalue weighted by Crippen LogP contribution is -2.13. The van der Waals surface area contributed by atoms with E-state index in [1.807, 2.05) is 13.0 Å². The van der Waals surface area contributed by atoms with Crippen molar-refractivity contribution in [3.8, 4) is 0 Å². The molecule has 1 heterocycles. The molecule has 0 fully saturated rings. The number of hydrogen-bond donors (Lipinski definition) is 1. The minimum atomic E-state index is -0.167. The molecule has 2 aromatic rings. The standard InChI is InChI=1S/C14H16FNS/c1-10-3-4-14(15)5-12(10)6-16-7-13-9-17-8-11(13)2/h3-5,8-9,16H,6-7H2,1-2H3. The van der Waals surface area contributed by atoms with E-state index in [1.54, 1.807) is 17.4 Å². The highest BCUT2D eigenvalue weighted by atomic mass is 32.1. The van der Waals surface area contributed by atoms with Crippen LogP contribution in [0, 0.1) is 19.7 Å². The summed E-state index contributed by atoms with van der Waals surface area (Å²) in [6.45, 7) is 5.66. The number of hydrogen-bond acceptors (Lipinski definition) is 2. The minimum absolute atomic E-state index is 0.167. The third-order valence-electron chi connectivity index (χ3n) is 2.90. The van der Waals surface area contributed by atoms with Crippen molar-refractivity contribution in [2.45, 2.75) is 26.9 Å². The topological polar surface area (TPSA) is 12.0 Å². The van der Waals surface area contributed by atoms with Crippen LogP contribution in [0.25, 0.3) is 0 Å². The lowest BCUT2D eigenvalue weighted by Gasteiger charge is -2.08. The molecule has 1 N–H and O–H groups in total. The summed E-state index contributed by atoms with van der Waals surface area (Å²) in [6, 6.07) is 4.92. The second kappa shape index (κ2) is 5.43. The molecule has 0 amide bonds. The average molecular weight is 249 g/mol. The van der Waals surface area contributed by atoms with Gasteiger partial charge >= 0.3 is 0 Å². The summed E-state index contributed by atoms with van der Waals surface area (Å²) in [5.74, 6) is -0.167. The second-order valence-corrected chi connectivity index (χ2v) is 5.00. The van der Waals surface area contributed by atoms with Crippen LogP contribution in [0.3, 0.4) is 0 Å². The van der Waals surface area contributed by atoms with E-state index in [4.69, 9.17) is 0 Å². The highest BCUT2D eigenvalue weighted by molar-refractivity contribution is 7.08. The Kier molecular flexibility index (Phi) is 3.92.